The van der Waals surface area contributed by atoms with E-state index in [1.165, 1.54) is 14.2 Å². The number of rotatable bonds is 3. The van der Waals surface area contributed by atoms with E-state index >= 15 is 0 Å². The lowest BCUT2D eigenvalue weighted by molar-refractivity contribution is 0.0596. The summed E-state index contributed by atoms with van der Waals surface area (Å²) >= 11 is 0. The van der Waals surface area contributed by atoms with E-state index < -0.39 is 5.97 Å². The second kappa shape index (κ2) is 5.68. The number of phenols is 1. The van der Waals surface area contributed by atoms with E-state index in [1.807, 2.05) is 31.2 Å². The Morgan fingerprint density at radius 2 is 1.91 bits per heavy atom. The van der Waals surface area contributed by atoms with Crippen molar-refractivity contribution >= 4 is 16.9 Å². The average molecular weight is 311 g/mol. The monoisotopic (exact) mass is 311 g/mol. The third-order valence-electron chi connectivity index (χ3n) is 3.93. The van der Waals surface area contributed by atoms with Crippen LogP contribution in [0.4, 0.5) is 0 Å². The van der Waals surface area contributed by atoms with Crippen molar-refractivity contribution in [3.05, 3.63) is 47.5 Å². The van der Waals surface area contributed by atoms with E-state index in [9.17, 15) is 9.90 Å². The van der Waals surface area contributed by atoms with Gasteiger partial charge in [0.1, 0.15) is 5.56 Å². The van der Waals surface area contributed by atoms with Gasteiger partial charge in [0, 0.05) is 22.2 Å². The molecule has 118 valence electrons. The first-order valence-electron chi connectivity index (χ1n) is 7.13. The highest BCUT2D eigenvalue weighted by molar-refractivity contribution is 5.97. The topological polar surface area (TPSA) is 71.6 Å². The molecule has 0 spiro atoms. The zero-order valence-electron chi connectivity index (χ0n) is 13.1. The number of aromatic nitrogens is 1. The zero-order valence-corrected chi connectivity index (χ0v) is 13.1. The molecular formula is C18H17NO4. The van der Waals surface area contributed by atoms with Gasteiger partial charge in [-0.1, -0.05) is 18.2 Å². The molecule has 3 rings (SSSR count). The van der Waals surface area contributed by atoms with Gasteiger partial charge < -0.3 is 19.6 Å². The average Bonchev–Trinajstić information content (AvgIpc) is 2.90. The van der Waals surface area contributed by atoms with Crippen LogP contribution < -0.4 is 4.74 Å². The molecule has 3 aromatic rings. The second-order valence-electron chi connectivity index (χ2n) is 5.24. The number of hydrogen-bond acceptors (Lipinski definition) is 4. The Morgan fingerprint density at radius 1 is 1.17 bits per heavy atom. The maximum absolute atomic E-state index is 12.0. The summed E-state index contributed by atoms with van der Waals surface area (Å²) in [4.78, 5) is 15.3. The van der Waals surface area contributed by atoms with Gasteiger partial charge in [-0.05, 0) is 30.7 Å². The number of aromatic hydroxyl groups is 1. The fourth-order valence-corrected chi connectivity index (χ4v) is 2.80. The van der Waals surface area contributed by atoms with Crippen LogP contribution >= 0.6 is 0 Å². The van der Waals surface area contributed by atoms with E-state index in [0.29, 0.717) is 5.56 Å². The molecule has 2 N–H and O–H groups in total. The summed E-state index contributed by atoms with van der Waals surface area (Å²) in [5, 5.41) is 11.3. The summed E-state index contributed by atoms with van der Waals surface area (Å²) in [6, 6.07) is 11.2. The smallest absolute Gasteiger partial charge is 0.341 e. The molecule has 5 heteroatoms. The van der Waals surface area contributed by atoms with E-state index in [2.05, 4.69) is 4.98 Å². The van der Waals surface area contributed by atoms with E-state index in [4.69, 9.17) is 9.47 Å². The number of H-pyrrole nitrogens is 1. The Morgan fingerprint density at radius 3 is 2.57 bits per heavy atom. The highest BCUT2D eigenvalue weighted by atomic mass is 16.5. The number of nitrogens with one attached hydrogen (secondary N) is 1. The van der Waals surface area contributed by atoms with Crippen LogP contribution in [0.2, 0.25) is 0 Å². The summed E-state index contributed by atoms with van der Waals surface area (Å²) in [6.45, 7) is 1.99. The summed E-state index contributed by atoms with van der Waals surface area (Å²) in [7, 11) is 2.69. The highest BCUT2D eigenvalue weighted by Crippen LogP contribution is 2.38. The Labute approximate surface area is 133 Å². The van der Waals surface area contributed by atoms with Crippen molar-refractivity contribution < 1.29 is 19.4 Å². The molecule has 2 aromatic carbocycles. The van der Waals surface area contributed by atoms with Crippen LogP contribution in [0, 0.1) is 6.92 Å². The lowest BCUT2D eigenvalue weighted by atomic mass is 10.0. The maximum atomic E-state index is 12.0. The molecule has 0 unspecified atom stereocenters. The molecule has 1 heterocycles. The summed E-state index contributed by atoms with van der Waals surface area (Å²) in [5.41, 5.74) is 3.76. The molecule has 0 bridgehead atoms. The molecule has 0 amide bonds. The Bertz CT molecular complexity index is 895. The first-order valence-corrected chi connectivity index (χ1v) is 7.13. The standard InChI is InChI=1S/C18H17NO4/c1-10-12-6-4-5-7-14(12)19-16(10)11-8-13(18(21)23-3)17(22-2)15(20)9-11/h4-9,19-20H,1-3H3. The molecule has 23 heavy (non-hydrogen) atoms. The largest absolute Gasteiger partial charge is 0.504 e. The number of aromatic amines is 1. The van der Waals surface area contributed by atoms with Crippen molar-refractivity contribution in [1.82, 2.24) is 4.98 Å². The van der Waals surface area contributed by atoms with Gasteiger partial charge >= 0.3 is 5.97 Å². The van der Waals surface area contributed by atoms with E-state index in [-0.39, 0.29) is 17.1 Å². The van der Waals surface area contributed by atoms with Crippen molar-refractivity contribution in [1.29, 1.82) is 0 Å². The SMILES string of the molecule is COC(=O)c1cc(-c2[nH]c3ccccc3c2C)cc(O)c1OC. The van der Waals surface area contributed by atoms with Crippen LogP contribution in [0.1, 0.15) is 15.9 Å². The molecule has 0 saturated heterocycles. The minimum Gasteiger partial charge on any atom is -0.504 e. The van der Waals surface area contributed by atoms with Crippen molar-refractivity contribution in [3.8, 4) is 22.8 Å². The van der Waals surface area contributed by atoms with Crippen molar-refractivity contribution in [2.75, 3.05) is 14.2 Å². The van der Waals surface area contributed by atoms with Crippen LogP contribution in [0.3, 0.4) is 0 Å². The van der Waals surface area contributed by atoms with Gasteiger partial charge in [0.15, 0.2) is 11.5 Å². The van der Waals surface area contributed by atoms with Crippen LogP contribution in [-0.4, -0.2) is 30.3 Å². The van der Waals surface area contributed by atoms with E-state index in [0.717, 1.165) is 22.2 Å². The predicted molar refractivity (Wildman–Crippen MR) is 88.0 cm³/mol. The first kappa shape index (κ1) is 15.0. The summed E-state index contributed by atoms with van der Waals surface area (Å²) in [6.07, 6.45) is 0. The lowest BCUT2D eigenvalue weighted by Crippen LogP contribution is -2.04. The Balaban J connectivity index is 2.25. The molecule has 0 aliphatic rings. The number of para-hydroxylation sites is 1. The van der Waals surface area contributed by atoms with Gasteiger partial charge in [-0.25, -0.2) is 4.79 Å². The van der Waals surface area contributed by atoms with Crippen molar-refractivity contribution in [2.45, 2.75) is 6.92 Å². The minimum atomic E-state index is -0.562. The number of methoxy groups -OCH3 is 2. The first-order chi connectivity index (χ1) is 11.1. The van der Waals surface area contributed by atoms with Gasteiger partial charge in [-0.15, -0.1) is 0 Å². The third-order valence-corrected chi connectivity index (χ3v) is 3.93. The second-order valence-corrected chi connectivity index (χ2v) is 5.24. The van der Waals surface area contributed by atoms with Crippen LogP contribution in [0.25, 0.3) is 22.2 Å². The normalized spacial score (nSPS) is 10.7. The number of benzene rings is 2. The quantitative estimate of drug-likeness (QED) is 0.724. The van der Waals surface area contributed by atoms with Crippen molar-refractivity contribution in [2.24, 2.45) is 0 Å². The number of ether oxygens (including phenoxy) is 2. The number of hydrogen-bond donors (Lipinski definition) is 2. The number of fused-ring (bicyclic) bond motifs is 1. The molecule has 1 aromatic heterocycles. The molecule has 0 radical (unpaired) electrons. The molecular weight excluding hydrogens is 294 g/mol. The molecule has 0 fully saturated rings. The summed E-state index contributed by atoms with van der Waals surface area (Å²) < 4.78 is 9.89. The molecule has 0 saturated carbocycles. The number of carbonyl (C=O) groups is 1. The maximum Gasteiger partial charge on any atom is 0.341 e. The van der Waals surface area contributed by atoms with Gasteiger partial charge in [0.05, 0.1) is 14.2 Å². The molecule has 5 nitrogen and oxygen atoms in total. The number of carbonyl (C=O) groups excluding carboxylic acids is 1. The Hall–Kier alpha value is -2.95. The molecule has 0 aliphatic carbocycles. The van der Waals surface area contributed by atoms with E-state index in [1.54, 1.807) is 12.1 Å². The van der Waals surface area contributed by atoms with Gasteiger partial charge in [-0.2, -0.15) is 0 Å². The fourth-order valence-electron chi connectivity index (χ4n) is 2.80. The van der Waals surface area contributed by atoms with Gasteiger partial charge in [0.2, 0.25) is 0 Å². The molecule has 0 atom stereocenters. The number of aryl methyl sites for hydroxylation is 1. The fraction of sp³-hybridized carbons (Fsp3) is 0.167. The number of esters is 1. The van der Waals surface area contributed by atoms with Crippen LogP contribution in [0.5, 0.6) is 11.5 Å². The van der Waals surface area contributed by atoms with Crippen LogP contribution in [-0.2, 0) is 4.74 Å². The van der Waals surface area contributed by atoms with Crippen LogP contribution in [0.15, 0.2) is 36.4 Å². The Kier molecular flexibility index (Phi) is 3.70. The minimum absolute atomic E-state index is 0.106. The summed E-state index contributed by atoms with van der Waals surface area (Å²) in [5.74, 6) is -0.564. The highest BCUT2D eigenvalue weighted by Gasteiger charge is 2.20. The third kappa shape index (κ3) is 2.40. The molecule has 0 aliphatic heterocycles. The zero-order chi connectivity index (χ0) is 16.6. The predicted octanol–water partition coefficient (Wildman–Crippen LogP) is 3.64. The van der Waals surface area contributed by atoms with Gasteiger partial charge in [0.25, 0.3) is 0 Å². The lowest BCUT2D eigenvalue weighted by Gasteiger charge is -2.11. The van der Waals surface area contributed by atoms with Crippen molar-refractivity contribution in [3.63, 3.8) is 0 Å². The number of phenolic OH excluding ortho intramolecular Hbond substituents is 1. The van der Waals surface area contributed by atoms with Gasteiger partial charge in [-0.3, -0.25) is 0 Å².